The van der Waals surface area contributed by atoms with Gasteiger partial charge in [0.05, 0.1) is 49.2 Å². The molecule has 0 radical (unpaired) electrons. The van der Waals surface area contributed by atoms with Gasteiger partial charge in [-0.15, -0.1) is 0 Å². The number of methoxy groups -OCH3 is 2. The Kier molecular flexibility index (Phi) is 12.5. The van der Waals surface area contributed by atoms with Crippen molar-refractivity contribution in [2.24, 2.45) is 11.8 Å². The van der Waals surface area contributed by atoms with Crippen LogP contribution < -0.4 is 10.6 Å². The summed E-state index contributed by atoms with van der Waals surface area (Å²) in [6, 6.07) is 22.5. The van der Waals surface area contributed by atoms with Crippen molar-refractivity contribution in [3.05, 3.63) is 95.7 Å². The Labute approximate surface area is 403 Å². The maximum atomic E-state index is 13.9. The summed E-state index contributed by atoms with van der Waals surface area (Å²) in [5.41, 5.74) is 11.7. The minimum atomic E-state index is -0.701. The number of amides is 4. The number of likely N-dealkylation sites (tertiary alicyclic amines) is 2. The molecule has 14 heteroatoms. The van der Waals surface area contributed by atoms with Crippen molar-refractivity contribution in [2.45, 2.75) is 121 Å². The Balaban J connectivity index is 0.972. The van der Waals surface area contributed by atoms with E-state index in [4.69, 9.17) is 19.4 Å². The second-order valence-electron chi connectivity index (χ2n) is 20.3. The van der Waals surface area contributed by atoms with Gasteiger partial charge in [0.15, 0.2) is 0 Å². The van der Waals surface area contributed by atoms with Crippen molar-refractivity contribution in [1.29, 1.82) is 0 Å². The minimum Gasteiger partial charge on any atom is -0.453 e. The smallest absolute Gasteiger partial charge is 0.407 e. The Hall–Kier alpha value is -6.70. The molecule has 4 heterocycles. The molecule has 1 spiro atoms. The summed E-state index contributed by atoms with van der Waals surface area (Å²) in [4.78, 5) is 73.1. The van der Waals surface area contributed by atoms with E-state index in [-0.39, 0.29) is 41.1 Å². The van der Waals surface area contributed by atoms with Gasteiger partial charge in [-0.3, -0.25) is 9.59 Å². The Morgan fingerprint density at radius 3 is 1.88 bits per heavy atom. The fraction of sp³-hybridized carbons (Fsp3) is 0.455. The molecule has 6 aromatic rings. The van der Waals surface area contributed by atoms with Crippen LogP contribution in [-0.4, -0.2) is 93.1 Å². The molecule has 4 atom stereocenters. The Bertz CT molecular complexity index is 2950. The molecule has 4 N–H and O–H groups in total. The number of alkyl carbamates (subject to hydrolysis) is 2. The van der Waals surface area contributed by atoms with Crippen molar-refractivity contribution < 1.29 is 28.7 Å². The van der Waals surface area contributed by atoms with Gasteiger partial charge < -0.3 is 39.9 Å². The number of hydrogen-bond donors (Lipinski definition) is 4. The molecule has 4 aliphatic rings. The molecule has 4 aromatic carbocycles. The highest BCUT2D eigenvalue weighted by molar-refractivity contribution is 6.05. The first kappa shape index (κ1) is 46.1. The summed E-state index contributed by atoms with van der Waals surface area (Å²) >= 11 is 0. The minimum absolute atomic E-state index is 0.112. The standard InChI is InChI=1S/C55H64N8O6/c1-31(2)47(60-53(66)68-5)51(64)62-27-11-15-44(62)49-56-30-43(59-49)39-21-20-37(35-13-7-8-14-36(35)39)38-19-18-34(46-40(38)23-26-55(46)24-9-10-25-55)33-17-22-41-42(29-33)58-50(57-41)45-16-12-28-63(45)52(65)48(32(3)4)61-54(67)69-6/h7-8,13-14,17-22,29-32,44-45,47-48H,9-12,15-16,23-28H2,1-6H3,(H,56,59)(H,57,58)(H,60,66)(H,61,67). The van der Waals surface area contributed by atoms with Crippen molar-refractivity contribution in [3.63, 3.8) is 0 Å². The first-order chi connectivity index (χ1) is 33.4. The van der Waals surface area contributed by atoms with Gasteiger partial charge in [0, 0.05) is 18.7 Å². The highest BCUT2D eigenvalue weighted by Gasteiger charge is 2.44. The second-order valence-corrected chi connectivity index (χ2v) is 20.3. The molecule has 10 rings (SSSR count). The molecule has 2 aromatic heterocycles. The van der Waals surface area contributed by atoms with E-state index in [0.29, 0.717) is 13.1 Å². The van der Waals surface area contributed by atoms with Gasteiger partial charge >= 0.3 is 12.2 Å². The van der Waals surface area contributed by atoms with Gasteiger partial charge in [0.1, 0.15) is 23.7 Å². The molecule has 2 saturated heterocycles. The van der Waals surface area contributed by atoms with E-state index in [0.717, 1.165) is 83.4 Å². The maximum absolute atomic E-state index is 13.9. The normalized spacial score (nSPS) is 19.5. The summed E-state index contributed by atoms with van der Waals surface area (Å²) in [5.74, 6) is 1.03. The monoisotopic (exact) mass is 932 g/mol. The van der Waals surface area contributed by atoms with Crippen LogP contribution in [0, 0.1) is 11.8 Å². The number of aromatic amines is 2. The number of nitrogens with zero attached hydrogens (tertiary/aromatic N) is 4. The molecule has 3 fully saturated rings. The third-order valence-electron chi connectivity index (χ3n) is 15.7. The van der Waals surface area contributed by atoms with Crippen LogP contribution in [0.4, 0.5) is 9.59 Å². The van der Waals surface area contributed by atoms with Crippen LogP contribution >= 0.6 is 0 Å². The Morgan fingerprint density at radius 2 is 1.26 bits per heavy atom. The fourth-order valence-corrected chi connectivity index (χ4v) is 12.2. The summed E-state index contributed by atoms with van der Waals surface area (Å²) in [7, 11) is 2.62. The lowest BCUT2D eigenvalue weighted by Crippen LogP contribution is -2.51. The number of fused-ring (bicyclic) bond motifs is 4. The molecule has 4 unspecified atom stereocenters. The molecule has 2 aliphatic heterocycles. The summed E-state index contributed by atoms with van der Waals surface area (Å²) in [6.07, 6.45) is 10.9. The number of hydrogen-bond acceptors (Lipinski definition) is 8. The second kappa shape index (κ2) is 18.7. The lowest BCUT2D eigenvalue weighted by atomic mass is 9.76. The van der Waals surface area contributed by atoms with Gasteiger partial charge in [-0.1, -0.05) is 95.1 Å². The lowest BCUT2D eigenvalue weighted by molar-refractivity contribution is -0.136. The molecule has 69 heavy (non-hydrogen) atoms. The average Bonchev–Trinajstić information content (AvgIpc) is 4.23. The molecule has 2 aliphatic carbocycles. The van der Waals surface area contributed by atoms with E-state index in [2.05, 4.69) is 87.3 Å². The maximum Gasteiger partial charge on any atom is 0.407 e. The number of H-pyrrole nitrogens is 2. The molecule has 1 saturated carbocycles. The number of benzene rings is 4. The quantitative estimate of drug-likeness (QED) is 0.0993. The van der Waals surface area contributed by atoms with Crippen molar-refractivity contribution >= 4 is 45.8 Å². The van der Waals surface area contributed by atoms with Crippen molar-refractivity contribution in [3.8, 4) is 33.5 Å². The van der Waals surface area contributed by atoms with E-state index >= 15 is 0 Å². The van der Waals surface area contributed by atoms with Crippen molar-refractivity contribution in [1.82, 2.24) is 40.4 Å². The van der Waals surface area contributed by atoms with Gasteiger partial charge in [-0.05, 0) is 125 Å². The van der Waals surface area contributed by atoms with E-state index in [1.165, 1.54) is 73.1 Å². The largest absolute Gasteiger partial charge is 0.453 e. The molecular formula is C55H64N8O6. The number of ether oxygens (including phenoxy) is 2. The van der Waals surface area contributed by atoms with E-state index in [1.54, 1.807) is 0 Å². The third kappa shape index (κ3) is 8.29. The van der Waals surface area contributed by atoms with Crippen LogP contribution in [0.5, 0.6) is 0 Å². The molecule has 14 nitrogen and oxygen atoms in total. The zero-order valence-electron chi connectivity index (χ0n) is 40.6. The van der Waals surface area contributed by atoms with Crippen LogP contribution in [-0.2, 0) is 30.9 Å². The van der Waals surface area contributed by atoms with Crippen molar-refractivity contribution in [2.75, 3.05) is 27.3 Å². The fourth-order valence-electron chi connectivity index (χ4n) is 12.2. The van der Waals surface area contributed by atoms with Gasteiger partial charge in [0.25, 0.3) is 0 Å². The predicted molar refractivity (Wildman–Crippen MR) is 266 cm³/mol. The lowest BCUT2D eigenvalue weighted by Gasteiger charge is -2.30. The number of carbonyl (C=O) groups excluding carboxylic acids is 4. The number of rotatable bonds is 11. The zero-order valence-corrected chi connectivity index (χ0v) is 40.6. The zero-order chi connectivity index (χ0) is 48.1. The molecule has 360 valence electrons. The summed E-state index contributed by atoms with van der Waals surface area (Å²) in [6.45, 7) is 8.89. The SMILES string of the molecule is COC(=O)NC(C(=O)N1CCCC1c1ncc(-c2ccc(-c3ccc(-c4ccc5nc(C6CCCN6C(=O)C(NC(=O)OC)C(C)C)[nH]c5c4)c4c3CCC43CCCC3)c3ccccc23)[nH]1)C(C)C. The van der Waals surface area contributed by atoms with E-state index in [9.17, 15) is 19.2 Å². The van der Waals surface area contributed by atoms with Crippen LogP contribution in [0.1, 0.15) is 120 Å². The van der Waals surface area contributed by atoms with Gasteiger partial charge in [-0.2, -0.15) is 0 Å². The third-order valence-corrected chi connectivity index (χ3v) is 15.7. The Morgan fingerprint density at radius 1 is 0.681 bits per heavy atom. The van der Waals surface area contributed by atoms with E-state index < -0.39 is 24.3 Å². The first-order valence-electron chi connectivity index (χ1n) is 24.9. The number of carbonyl (C=O) groups is 4. The number of aromatic nitrogens is 4. The molecule has 0 bridgehead atoms. The van der Waals surface area contributed by atoms with Crippen LogP contribution in [0.2, 0.25) is 0 Å². The summed E-state index contributed by atoms with van der Waals surface area (Å²) in [5, 5.41) is 7.80. The predicted octanol–water partition coefficient (Wildman–Crippen LogP) is 10.3. The molecule has 4 amide bonds. The average molecular weight is 933 g/mol. The topological polar surface area (TPSA) is 175 Å². The number of nitrogens with one attached hydrogen (secondary N) is 4. The van der Waals surface area contributed by atoms with Crippen LogP contribution in [0.25, 0.3) is 55.3 Å². The van der Waals surface area contributed by atoms with E-state index in [1.807, 2.05) is 43.7 Å². The van der Waals surface area contributed by atoms with Crippen LogP contribution in [0.15, 0.2) is 72.9 Å². The molecular weight excluding hydrogens is 869 g/mol. The first-order valence-corrected chi connectivity index (χ1v) is 24.9. The van der Waals surface area contributed by atoms with Gasteiger partial charge in [-0.25, -0.2) is 19.6 Å². The highest BCUT2D eigenvalue weighted by Crippen LogP contribution is 2.56. The summed E-state index contributed by atoms with van der Waals surface area (Å²) < 4.78 is 9.68. The number of imidazole rings is 2. The van der Waals surface area contributed by atoms with Crippen LogP contribution in [0.3, 0.4) is 0 Å². The van der Waals surface area contributed by atoms with Gasteiger partial charge in [0.2, 0.25) is 11.8 Å². The highest BCUT2D eigenvalue weighted by atomic mass is 16.5.